The summed E-state index contributed by atoms with van der Waals surface area (Å²) in [7, 11) is 0. The molecule has 0 saturated heterocycles. The third-order valence-electron chi connectivity index (χ3n) is 3.69. The summed E-state index contributed by atoms with van der Waals surface area (Å²) in [5, 5.41) is 2.87. The molecule has 0 fully saturated rings. The van der Waals surface area contributed by atoms with Crippen LogP contribution in [0.3, 0.4) is 0 Å². The molecular formula is C20H15F2NO3S. The van der Waals surface area contributed by atoms with Crippen LogP contribution >= 0.6 is 11.3 Å². The smallest absolute Gasteiger partial charge is 0.341 e. The summed E-state index contributed by atoms with van der Waals surface area (Å²) in [6.07, 6.45) is 0. The summed E-state index contributed by atoms with van der Waals surface area (Å²) in [6, 6.07) is 13.8. The summed E-state index contributed by atoms with van der Waals surface area (Å²) in [4.78, 5) is 25.4. The third kappa shape index (κ3) is 4.20. The molecule has 0 radical (unpaired) electrons. The van der Waals surface area contributed by atoms with Gasteiger partial charge in [0.25, 0.3) is 5.91 Å². The van der Waals surface area contributed by atoms with Crippen molar-refractivity contribution in [2.24, 2.45) is 0 Å². The van der Waals surface area contributed by atoms with Crippen LogP contribution in [0.1, 0.15) is 27.6 Å². The monoisotopic (exact) mass is 387 g/mol. The van der Waals surface area contributed by atoms with Crippen LogP contribution in [0.5, 0.6) is 0 Å². The minimum Gasteiger partial charge on any atom is -0.462 e. The molecule has 7 heteroatoms. The van der Waals surface area contributed by atoms with Gasteiger partial charge in [-0.2, -0.15) is 0 Å². The Kier molecular flexibility index (Phi) is 5.61. The lowest BCUT2D eigenvalue weighted by Crippen LogP contribution is -2.14. The van der Waals surface area contributed by atoms with E-state index >= 15 is 0 Å². The Bertz CT molecular complexity index is 986. The number of benzene rings is 2. The van der Waals surface area contributed by atoms with Gasteiger partial charge in [0, 0.05) is 10.4 Å². The molecule has 0 saturated carbocycles. The lowest BCUT2D eigenvalue weighted by Gasteiger charge is -2.06. The van der Waals surface area contributed by atoms with Crippen LogP contribution in [-0.2, 0) is 4.74 Å². The average molecular weight is 387 g/mol. The molecule has 27 heavy (non-hydrogen) atoms. The number of amides is 1. The van der Waals surface area contributed by atoms with Gasteiger partial charge in [0.1, 0.15) is 5.00 Å². The molecule has 3 rings (SSSR count). The second-order valence-electron chi connectivity index (χ2n) is 5.52. The van der Waals surface area contributed by atoms with Crippen LogP contribution in [0.15, 0.2) is 54.6 Å². The van der Waals surface area contributed by atoms with Gasteiger partial charge in [-0.15, -0.1) is 11.3 Å². The quantitative estimate of drug-likeness (QED) is 0.618. The first-order valence-corrected chi connectivity index (χ1v) is 8.94. The van der Waals surface area contributed by atoms with E-state index in [0.29, 0.717) is 0 Å². The molecule has 1 aromatic heterocycles. The number of halogens is 2. The molecule has 1 N–H and O–H groups in total. The summed E-state index contributed by atoms with van der Waals surface area (Å²) < 4.78 is 31.5. The minimum atomic E-state index is -1.12. The Balaban J connectivity index is 1.95. The minimum absolute atomic E-state index is 0.0571. The van der Waals surface area contributed by atoms with Crippen LogP contribution in [0.25, 0.3) is 10.4 Å². The van der Waals surface area contributed by atoms with Gasteiger partial charge < -0.3 is 10.1 Å². The molecule has 0 spiro atoms. The lowest BCUT2D eigenvalue weighted by atomic mass is 10.1. The van der Waals surface area contributed by atoms with E-state index in [1.807, 2.05) is 30.3 Å². The van der Waals surface area contributed by atoms with Gasteiger partial charge in [0.2, 0.25) is 0 Å². The summed E-state index contributed by atoms with van der Waals surface area (Å²) in [6.45, 7) is 1.87. The summed E-state index contributed by atoms with van der Waals surface area (Å²) in [5.74, 6) is -3.39. The first kappa shape index (κ1) is 18.7. The molecule has 1 amide bonds. The average Bonchev–Trinajstić information content (AvgIpc) is 3.09. The predicted octanol–water partition coefficient (Wildman–Crippen LogP) is 5.12. The van der Waals surface area contributed by atoms with Crippen LogP contribution in [0.2, 0.25) is 0 Å². The van der Waals surface area contributed by atoms with E-state index in [0.717, 1.165) is 22.6 Å². The number of hydrogen-bond acceptors (Lipinski definition) is 4. The molecule has 0 aliphatic rings. The molecule has 138 valence electrons. The zero-order chi connectivity index (χ0) is 19.4. The van der Waals surface area contributed by atoms with Gasteiger partial charge in [-0.25, -0.2) is 13.6 Å². The van der Waals surface area contributed by atoms with Crippen molar-refractivity contribution >= 4 is 28.2 Å². The van der Waals surface area contributed by atoms with Crippen LogP contribution < -0.4 is 5.32 Å². The molecule has 0 bridgehead atoms. The first-order valence-electron chi connectivity index (χ1n) is 8.12. The number of hydrogen-bond donors (Lipinski definition) is 1. The SMILES string of the molecule is CCOC(=O)c1cc(-c2ccccc2)sc1NC(=O)c1ccc(F)c(F)c1. The zero-order valence-corrected chi connectivity index (χ0v) is 15.1. The van der Waals surface area contributed by atoms with Gasteiger partial charge in [0.15, 0.2) is 11.6 Å². The van der Waals surface area contributed by atoms with Crippen LogP contribution in [-0.4, -0.2) is 18.5 Å². The zero-order valence-electron chi connectivity index (χ0n) is 14.3. The third-order valence-corrected chi connectivity index (χ3v) is 4.79. The topological polar surface area (TPSA) is 55.4 Å². The second-order valence-corrected chi connectivity index (χ2v) is 6.58. The maximum Gasteiger partial charge on any atom is 0.341 e. The van der Waals surface area contributed by atoms with E-state index in [2.05, 4.69) is 5.32 Å². The number of thiophene rings is 1. The Morgan fingerprint density at radius 2 is 1.78 bits per heavy atom. The van der Waals surface area contributed by atoms with Crippen molar-refractivity contribution in [2.45, 2.75) is 6.92 Å². The predicted molar refractivity (Wildman–Crippen MR) is 100 cm³/mol. The molecular weight excluding hydrogens is 372 g/mol. The van der Waals surface area contributed by atoms with Gasteiger partial charge >= 0.3 is 5.97 Å². The van der Waals surface area contributed by atoms with Crippen molar-refractivity contribution in [1.29, 1.82) is 0 Å². The number of esters is 1. The number of rotatable bonds is 5. The van der Waals surface area contributed by atoms with E-state index in [1.54, 1.807) is 13.0 Å². The van der Waals surface area contributed by atoms with Crippen molar-refractivity contribution in [3.63, 3.8) is 0 Å². The Morgan fingerprint density at radius 3 is 2.44 bits per heavy atom. The van der Waals surface area contributed by atoms with Crippen LogP contribution in [0.4, 0.5) is 13.8 Å². The first-order chi connectivity index (χ1) is 13.0. The highest BCUT2D eigenvalue weighted by Gasteiger charge is 2.20. The van der Waals surface area contributed by atoms with Crippen molar-refractivity contribution in [3.8, 4) is 10.4 Å². The number of nitrogens with one attached hydrogen (secondary N) is 1. The second kappa shape index (κ2) is 8.09. The van der Waals surface area contributed by atoms with E-state index in [4.69, 9.17) is 4.74 Å². The van der Waals surface area contributed by atoms with E-state index in [-0.39, 0.29) is 22.7 Å². The molecule has 4 nitrogen and oxygen atoms in total. The Hall–Kier alpha value is -3.06. The highest BCUT2D eigenvalue weighted by Crippen LogP contribution is 2.36. The summed E-state index contributed by atoms with van der Waals surface area (Å²) in [5.41, 5.74) is 1.02. The molecule has 2 aromatic carbocycles. The van der Waals surface area contributed by atoms with Crippen molar-refractivity contribution in [2.75, 3.05) is 11.9 Å². The molecule has 0 atom stereocenters. The normalized spacial score (nSPS) is 10.5. The van der Waals surface area contributed by atoms with E-state index in [1.165, 1.54) is 17.4 Å². The standard InChI is InChI=1S/C20H15F2NO3S/c1-2-26-20(25)14-11-17(12-6-4-3-5-7-12)27-19(14)23-18(24)13-8-9-15(21)16(22)10-13/h3-11H,2H2,1H3,(H,23,24). The van der Waals surface area contributed by atoms with Gasteiger partial charge in [-0.3, -0.25) is 4.79 Å². The molecule has 0 aliphatic heterocycles. The fraction of sp³-hybridized carbons (Fsp3) is 0.100. The Labute approximate surface area is 158 Å². The number of ether oxygens (including phenoxy) is 1. The number of carbonyl (C=O) groups is 2. The van der Waals surface area contributed by atoms with Crippen LogP contribution in [0, 0.1) is 11.6 Å². The highest BCUT2D eigenvalue weighted by molar-refractivity contribution is 7.20. The fourth-order valence-electron chi connectivity index (χ4n) is 2.40. The highest BCUT2D eigenvalue weighted by atomic mass is 32.1. The van der Waals surface area contributed by atoms with Crippen molar-refractivity contribution in [3.05, 3.63) is 77.4 Å². The lowest BCUT2D eigenvalue weighted by molar-refractivity contribution is 0.0528. The van der Waals surface area contributed by atoms with Gasteiger partial charge in [0.05, 0.1) is 12.2 Å². The number of anilines is 1. The van der Waals surface area contributed by atoms with E-state index < -0.39 is 23.5 Å². The maximum atomic E-state index is 13.4. The summed E-state index contributed by atoms with van der Waals surface area (Å²) >= 11 is 1.20. The van der Waals surface area contributed by atoms with E-state index in [9.17, 15) is 18.4 Å². The number of carbonyl (C=O) groups excluding carboxylic acids is 2. The fourth-order valence-corrected chi connectivity index (χ4v) is 3.45. The van der Waals surface area contributed by atoms with Gasteiger partial charge in [-0.1, -0.05) is 30.3 Å². The molecule has 3 aromatic rings. The van der Waals surface area contributed by atoms with Crippen molar-refractivity contribution in [1.82, 2.24) is 0 Å². The molecule has 1 heterocycles. The van der Waals surface area contributed by atoms with Crippen molar-refractivity contribution < 1.29 is 23.1 Å². The maximum absolute atomic E-state index is 13.4. The molecule has 0 unspecified atom stereocenters. The molecule has 0 aliphatic carbocycles. The largest absolute Gasteiger partial charge is 0.462 e. The van der Waals surface area contributed by atoms with Gasteiger partial charge in [-0.05, 0) is 36.8 Å². The Morgan fingerprint density at radius 1 is 1.04 bits per heavy atom.